The van der Waals surface area contributed by atoms with Crippen LogP contribution >= 0.6 is 0 Å². The van der Waals surface area contributed by atoms with E-state index >= 15 is 0 Å². The van der Waals surface area contributed by atoms with Gasteiger partial charge in [0.15, 0.2) is 0 Å². The highest BCUT2D eigenvalue weighted by Crippen LogP contribution is 2.40. The number of nitrogens with two attached hydrogens (primary N) is 1. The summed E-state index contributed by atoms with van der Waals surface area (Å²) < 4.78 is 5.61. The lowest BCUT2D eigenvalue weighted by molar-refractivity contribution is 0.0418. The molecule has 0 heterocycles. The van der Waals surface area contributed by atoms with Crippen molar-refractivity contribution < 1.29 is 4.74 Å². The lowest BCUT2D eigenvalue weighted by atomic mass is 10.0. The molecule has 1 fully saturated rings. The van der Waals surface area contributed by atoms with Crippen molar-refractivity contribution in [2.75, 3.05) is 13.2 Å². The maximum absolute atomic E-state index is 5.61. The van der Waals surface area contributed by atoms with Gasteiger partial charge in [-0.15, -0.1) is 0 Å². The summed E-state index contributed by atoms with van der Waals surface area (Å²) in [5, 5.41) is 0. The zero-order chi connectivity index (χ0) is 7.68. The molecule has 1 saturated carbocycles. The minimum Gasteiger partial charge on any atom is -0.376 e. The number of hydrogen-bond acceptors (Lipinski definition) is 2. The fourth-order valence-electron chi connectivity index (χ4n) is 2.14. The van der Waals surface area contributed by atoms with Crippen molar-refractivity contribution in [1.29, 1.82) is 0 Å². The van der Waals surface area contributed by atoms with Gasteiger partial charge in [0.2, 0.25) is 0 Å². The Morgan fingerprint density at radius 3 is 2.82 bits per heavy atom. The highest BCUT2D eigenvalue weighted by atomic mass is 16.5. The number of ether oxygens (including phenoxy) is 1. The average Bonchev–Trinajstić information content (AvgIpc) is 2.60. The topological polar surface area (TPSA) is 35.2 Å². The van der Waals surface area contributed by atoms with Gasteiger partial charge in [0.1, 0.15) is 0 Å². The lowest BCUT2D eigenvalue weighted by Crippen LogP contribution is -2.21. The molecule has 0 saturated heterocycles. The van der Waals surface area contributed by atoms with Gasteiger partial charge >= 0.3 is 0 Å². The first-order valence-electron chi connectivity index (χ1n) is 4.40. The Balaban J connectivity index is 1.84. The summed E-state index contributed by atoms with van der Waals surface area (Å²) in [6, 6.07) is 0. The number of allylic oxidation sites excluding steroid dienone is 1. The molecule has 2 aliphatic carbocycles. The van der Waals surface area contributed by atoms with E-state index in [1.165, 1.54) is 12.8 Å². The van der Waals surface area contributed by atoms with Crippen LogP contribution in [0.4, 0.5) is 0 Å². The van der Waals surface area contributed by atoms with E-state index in [9.17, 15) is 0 Å². The Morgan fingerprint density at radius 1 is 1.36 bits per heavy atom. The van der Waals surface area contributed by atoms with E-state index in [4.69, 9.17) is 10.5 Å². The fraction of sp³-hybridized carbons (Fsp3) is 0.778. The molecular formula is C9H15NO. The minimum absolute atomic E-state index is 0.480. The van der Waals surface area contributed by atoms with Crippen molar-refractivity contribution in [2.45, 2.75) is 18.9 Å². The maximum atomic E-state index is 5.61. The predicted octanol–water partition coefficient (Wildman–Crippen LogP) is 0.926. The third-order valence-electron chi connectivity index (χ3n) is 2.67. The molecule has 0 aromatic rings. The lowest BCUT2D eigenvalue weighted by Gasteiger charge is -2.17. The third kappa shape index (κ3) is 1.33. The van der Waals surface area contributed by atoms with Crippen LogP contribution in [-0.4, -0.2) is 19.3 Å². The smallest absolute Gasteiger partial charge is 0.0644 e. The number of hydrogen-bond donors (Lipinski definition) is 1. The van der Waals surface area contributed by atoms with Crippen molar-refractivity contribution in [3.05, 3.63) is 12.2 Å². The van der Waals surface area contributed by atoms with E-state index in [0.29, 0.717) is 18.6 Å². The first kappa shape index (κ1) is 7.32. The van der Waals surface area contributed by atoms with Crippen molar-refractivity contribution in [1.82, 2.24) is 0 Å². The molecule has 0 spiro atoms. The normalized spacial score (nSPS) is 40.3. The van der Waals surface area contributed by atoms with Crippen LogP contribution in [0.25, 0.3) is 0 Å². The molecule has 3 atom stereocenters. The molecule has 62 valence electrons. The van der Waals surface area contributed by atoms with Gasteiger partial charge in [0.25, 0.3) is 0 Å². The van der Waals surface area contributed by atoms with E-state index in [2.05, 4.69) is 12.2 Å². The van der Waals surface area contributed by atoms with Gasteiger partial charge in [-0.1, -0.05) is 12.2 Å². The molecule has 2 nitrogen and oxygen atoms in total. The van der Waals surface area contributed by atoms with Crippen LogP contribution in [0.2, 0.25) is 0 Å². The van der Waals surface area contributed by atoms with Crippen molar-refractivity contribution in [3.63, 3.8) is 0 Å². The summed E-state index contributed by atoms with van der Waals surface area (Å²) in [5.41, 5.74) is 5.36. The van der Waals surface area contributed by atoms with E-state index in [0.717, 1.165) is 12.5 Å². The number of fused-ring (bicyclic) bond motifs is 2. The molecule has 3 unspecified atom stereocenters. The van der Waals surface area contributed by atoms with Crippen LogP contribution in [0.5, 0.6) is 0 Å². The van der Waals surface area contributed by atoms with Gasteiger partial charge in [-0.25, -0.2) is 0 Å². The van der Waals surface area contributed by atoms with Crippen LogP contribution in [-0.2, 0) is 4.74 Å². The number of rotatable bonds is 3. The summed E-state index contributed by atoms with van der Waals surface area (Å²) >= 11 is 0. The Bertz CT molecular complexity index is 167. The molecule has 0 aromatic carbocycles. The molecule has 11 heavy (non-hydrogen) atoms. The van der Waals surface area contributed by atoms with Crippen LogP contribution < -0.4 is 5.73 Å². The minimum atomic E-state index is 0.480. The summed E-state index contributed by atoms with van der Waals surface area (Å²) in [4.78, 5) is 0. The van der Waals surface area contributed by atoms with Gasteiger partial charge < -0.3 is 10.5 Å². The van der Waals surface area contributed by atoms with Crippen LogP contribution in [0.3, 0.4) is 0 Å². The zero-order valence-corrected chi connectivity index (χ0v) is 6.70. The van der Waals surface area contributed by atoms with Gasteiger partial charge in [-0.2, -0.15) is 0 Å². The predicted molar refractivity (Wildman–Crippen MR) is 44.1 cm³/mol. The Labute approximate surface area is 67.4 Å². The largest absolute Gasteiger partial charge is 0.376 e. The van der Waals surface area contributed by atoms with Crippen molar-refractivity contribution >= 4 is 0 Å². The molecule has 0 aromatic heterocycles. The third-order valence-corrected chi connectivity index (χ3v) is 2.67. The molecule has 2 aliphatic rings. The molecule has 2 bridgehead atoms. The second kappa shape index (κ2) is 2.95. The molecule has 0 amide bonds. The Kier molecular flexibility index (Phi) is 1.96. The second-order valence-corrected chi connectivity index (χ2v) is 3.48. The van der Waals surface area contributed by atoms with Gasteiger partial charge in [-0.3, -0.25) is 0 Å². The van der Waals surface area contributed by atoms with Gasteiger partial charge in [0.05, 0.1) is 12.7 Å². The monoisotopic (exact) mass is 153 g/mol. The Morgan fingerprint density at radius 2 is 2.27 bits per heavy atom. The summed E-state index contributed by atoms with van der Waals surface area (Å²) in [7, 11) is 0. The molecule has 2 N–H and O–H groups in total. The van der Waals surface area contributed by atoms with E-state index in [1.807, 2.05) is 0 Å². The standard InChI is InChI=1S/C9H15NO/c10-3-4-11-9-6-7-1-2-8(9)5-7/h1-2,7-9H,3-6,10H2. The van der Waals surface area contributed by atoms with Crippen LogP contribution in [0.15, 0.2) is 12.2 Å². The van der Waals surface area contributed by atoms with E-state index < -0.39 is 0 Å². The molecule has 2 heteroatoms. The summed E-state index contributed by atoms with van der Waals surface area (Å²) in [6.45, 7) is 1.37. The zero-order valence-electron chi connectivity index (χ0n) is 6.70. The van der Waals surface area contributed by atoms with Gasteiger partial charge in [0, 0.05) is 12.5 Å². The van der Waals surface area contributed by atoms with Crippen molar-refractivity contribution in [2.24, 2.45) is 17.6 Å². The quantitative estimate of drug-likeness (QED) is 0.612. The molecule has 0 aliphatic heterocycles. The molecule has 0 radical (unpaired) electrons. The second-order valence-electron chi connectivity index (χ2n) is 3.48. The van der Waals surface area contributed by atoms with Crippen LogP contribution in [0, 0.1) is 11.8 Å². The Hall–Kier alpha value is -0.340. The molecular weight excluding hydrogens is 138 g/mol. The summed E-state index contributed by atoms with van der Waals surface area (Å²) in [6.07, 6.45) is 7.65. The fourth-order valence-corrected chi connectivity index (χ4v) is 2.14. The van der Waals surface area contributed by atoms with Crippen molar-refractivity contribution in [3.8, 4) is 0 Å². The van der Waals surface area contributed by atoms with E-state index in [-0.39, 0.29) is 0 Å². The highest BCUT2D eigenvalue weighted by molar-refractivity contribution is 5.10. The molecule has 2 rings (SSSR count). The van der Waals surface area contributed by atoms with Gasteiger partial charge in [-0.05, 0) is 18.8 Å². The SMILES string of the molecule is NCCOC1CC2C=CC1C2. The average molecular weight is 153 g/mol. The maximum Gasteiger partial charge on any atom is 0.0644 e. The first-order valence-corrected chi connectivity index (χ1v) is 4.40. The van der Waals surface area contributed by atoms with Crippen LogP contribution in [0.1, 0.15) is 12.8 Å². The highest BCUT2D eigenvalue weighted by Gasteiger charge is 2.35. The first-order chi connectivity index (χ1) is 5.40. The summed E-state index contributed by atoms with van der Waals surface area (Å²) in [5.74, 6) is 1.51. The van der Waals surface area contributed by atoms with E-state index in [1.54, 1.807) is 0 Å².